The summed E-state index contributed by atoms with van der Waals surface area (Å²) in [6.07, 6.45) is 0.668. The SMILES string of the molecule is CO[C@@]1(c2ccc(C)cc2)c2c(ncc(F)c2F)N(CC(N)=O)C(=O)C1C. The largest absolute Gasteiger partial charge is 0.368 e. The van der Waals surface area contributed by atoms with E-state index >= 15 is 0 Å². The number of methoxy groups -OCH3 is 1. The van der Waals surface area contributed by atoms with Crippen LogP contribution in [0.3, 0.4) is 0 Å². The quantitative estimate of drug-likeness (QED) is 0.886. The summed E-state index contributed by atoms with van der Waals surface area (Å²) in [7, 11) is 1.32. The van der Waals surface area contributed by atoms with Gasteiger partial charge in [0.2, 0.25) is 11.8 Å². The number of nitrogens with two attached hydrogens (primary N) is 1. The average Bonchev–Trinajstić information content (AvgIpc) is 2.63. The molecule has 0 bridgehead atoms. The fourth-order valence-corrected chi connectivity index (χ4v) is 3.62. The van der Waals surface area contributed by atoms with Crippen LogP contribution >= 0.6 is 0 Å². The zero-order chi connectivity index (χ0) is 19.9. The van der Waals surface area contributed by atoms with Crippen LogP contribution in [-0.2, 0) is 19.9 Å². The molecule has 0 aliphatic carbocycles. The van der Waals surface area contributed by atoms with Crippen LogP contribution in [0.1, 0.15) is 23.6 Å². The first-order valence-corrected chi connectivity index (χ1v) is 8.30. The molecular formula is C19H19F2N3O3. The van der Waals surface area contributed by atoms with Gasteiger partial charge in [-0.05, 0) is 12.5 Å². The van der Waals surface area contributed by atoms with Crippen LogP contribution < -0.4 is 10.6 Å². The number of halogens is 2. The summed E-state index contributed by atoms with van der Waals surface area (Å²) < 4.78 is 34.8. The van der Waals surface area contributed by atoms with E-state index in [1.165, 1.54) is 14.0 Å². The van der Waals surface area contributed by atoms with Gasteiger partial charge in [-0.3, -0.25) is 14.5 Å². The third-order valence-electron chi connectivity index (χ3n) is 4.94. The molecule has 142 valence electrons. The van der Waals surface area contributed by atoms with Crippen molar-refractivity contribution in [1.82, 2.24) is 4.98 Å². The number of nitrogens with zero attached hydrogens (tertiary/aromatic N) is 2. The van der Waals surface area contributed by atoms with Gasteiger partial charge < -0.3 is 10.5 Å². The number of anilines is 1. The molecule has 1 unspecified atom stereocenters. The molecular weight excluding hydrogens is 356 g/mol. The van der Waals surface area contributed by atoms with Gasteiger partial charge in [0.1, 0.15) is 18.0 Å². The van der Waals surface area contributed by atoms with E-state index in [-0.39, 0.29) is 11.4 Å². The lowest BCUT2D eigenvalue weighted by Gasteiger charge is -2.45. The molecule has 0 saturated heterocycles. The van der Waals surface area contributed by atoms with Crippen molar-refractivity contribution in [2.24, 2.45) is 11.7 Å². The van der Waals surface area contributed by atoms with E-state index in [0.717, 1.165) is 10.5 Å². The molecule has 1 aromatic carbocycles. The minimum Gasteiger partial charge on any atom is -0.368 e. The maximum absolute atomic E-state index is 15.0. The summed E-state index contributed by atoms with van der Waals surface area (Å²) in [5.41, 5.74) is 4.81. The molecule has 2 N–H and O–H groups in total. The van der Waals surface area contributed by atoms with Crippen molar-refractivity contribution in [2.75, 3.05) is 18.6 Å². The normalized spacial score (nSPS) is 21.9. The molecule has 2 atom stereocenters. The van der Waals surface area contributed by atoms with E-state index in [2.05, 4.69) is 4.98 Å². The summed E-state index contributed by atoms with van der Waals surface area (Å²) in [5.74, 6) is -4.83. The molecule has 0 radical (unpaired) electrons. The number of primary amides is 1. The highest BCUT2D eigenvalue weighted by Crippen LogP contribution is 2.49. The van der Waals surface area contributed by atoms with E-state index in [0.29, 0.717) is 11.8 Å². The summed E-state index contributed by atoms with van der Waals surface area (Å²) in [6, 6.07) is 6.96. The van der Waals surface area contributed by atoms with Crippen molar-refractivity contribution in [3.8, 4) is 0 Å². The fraction of sp³-hybridized carbons (Fsp3) is 0.316. The Morgan fingerprint density at radius 1 is 1.33 bits per heavy atom. The van der Waals surface area contributed by atoms with Crippen LogP contribution in [0.15, 0.2) is 30.5 Å². The lowest BCUT2D eigenvalue weighted by molar-refractivity contribution is -0.134. The Balaban J connectivity index is 2.37. The Morgan fingerprint density at radius 2 is 1.96 bits per heavy atom. The van der Waals surface area contributed by atoms with Crippen LogP contribution in [0.4, 0.5) is 14.6 Å². The zero-order valence-electron chi connectivity index (χ0n) is 15.1. The summed E-state index contributed by atoms with van der Waals surface area (Å²) in [6.45, 7) is 2.91. The van der Waals surface area contributed by atoms with Crippen LogP contribution in [0.5, 0.6) is 0 Å². The topological polar surface area (TPSA) is 85.5 Å². The van der Waals surface area contributed by atoms with Crippen molar-refractivity contribution >= 4 is 17.6 Å². The van der Waals surface area contributed by atoms with E-state index in [1.54, 1.807) is 24.3 Å². The molecule has 1 aliphatic rings. The predicted molar refractivity (Wildman–Crippen MR) is 93.8 cm³/mol. The molecule has 27 heavy (non-hydrogen) atoms. The van der Waals surface area contributed by atoms with Crippen molar-refractivity contribution in [3.63, 3.8) is 0 Å². The lowest BCUT2D eigenvalue weighted by atomic mass is 9.73. The highest BCUT2D eigenvalue weighted by molar-refractivity contribution is 6.02. The first-order valence-electron chi connectivity index (χ1n) is 8.30. The van der Waals surface area contributed by atoms with Gasteiger partial charge in [0.15, 0.2) is 11.6 Å². The number of ether oxygens (including phenoxy) is 1. The van der Waals surface area contributed by atoms with Crippen molar-refractivity contribution in [2.45, 2.75) is 19.4 Å². The van der Waals surface area contributed by atoms with Crippen molar-refractivity contribution in [1.29, 1.82) is 0 Å². The second-order valence-electron chi connectivity index (χ2n) is 6.54. The summed E-state index contributed by atoms with van der Waals surface area (Å²) in [4.78, 5) is 29.3. The molecule has 8 heteroatoms. The number of fused-ring (bicyclic) bond motifs is 1. The zero-order valence-corrected chi connectivity index (χ0v) is 15.1. The number of pyridine rings is 1. The van der Waals surface area contributed by atoms with Gasteiger partial charge in [-0.1, -0.05) is 36.8 Å². The molecule has 0 fully saturated rings. The van der Waals surface area contributed by atoms with Crippen molar-refractivity contribution < 1.29 is 23.1 Å². The molecule has 6 nitrogen and oxygen atoms in total. The number of carbonyl (C=O) groups is 2. The van der Waals surface area contributed by atoms with Gasteiger partial charge in [0.25, 0.3) is 0 Å². The number of hydrogen-bond acceptors (Lipinski definition) is 4. The van der Waals surface area contributed by atoms with Gasteiger partial charge in [-0.2, -0.15) is 0 Å². The molecule has 2 aromatic rings. The number of hydrogen-bond donors (Lipinski definition) is 1. The monoisotopic (exact) mass is 375 g/mol. The molecule has 1 aromatic heterocycles. The fourth-order valence-electron chi connectivity index (χ4n) is 3.62. The third kappa shape index (κ3) is 2.76. The standard InChI is InChI=1S/C19H19F2N3O3/c1-10-4-6-12(7-5-10)19(27-3)11(2)18(26)24(9-14(22)25)17-15(19)16(21)13(20)8-23-17/h4-8,11H,9H2,1-3H3,(H2,22,25)/t11?,19-/m0/s1. The smallest absolute Gasteiger partial charge is 0.237 e. The molecule has 0 saturated carbocycles. The number of aromatic nitrogens is 1. The Bertz CT molecular complexity index is 917. The average molecular weight is 375 g/mol. The number of aryl methyl sites for hydroxylation is 1. The Labute approximate surface area is 154 Å². The Kier molecular flexibility index (Phi) is 4.69. The van der Waals surface area contributed by atoms with E-state index < -0.39 is 41.5 Å². The maximum Gasteiger partial charge on any atom is 0.237 e. The van der Waals surface area contributed by atoms with E-state index in [4.69, 9.17) is 10.5 Å². The first kappa shape index (κ1) is 18.9. The molecule has 2 heterocycles. The van der Waals surface area contributed by atoms with Crippen LogP contribution in [0.2, 0.25) is 0 Å². The highest BCUT2D eigenvalue weighted by atomic mass is 19.2. The lowest BCUT2D eigenvalue weighted by Crippen LogP contribution is -2.55. The van der Waals surface area contributed by atoms with E-state index in [1.807, 2.05) is 6.92 Å². The molecule has 3 rings (SSSR count). The minimum absolute atomic E-state index is 0.182. The van der Waals surface area contributed by atoms with Gasteiger partial charge in [-0.15, -0.1) is 0 Å². The summed E-state index contributed by atoms with van der Waals surface area (Å²) >= 11 is 0. The molecule has 0 spiro atoms. The number of benzene rings is 1. The highest BCUT2D eigenvalue weighted by Gasteiger charge is 2.54. The first-order chi connectivity index (χ1) is 12.7. The van der Waals surface area contributed by atoms with Crippen LogP contribution in [0, 0.1) is 24.5 Å². The third-order valence-corrected chi connectivity index (χ3v) is 4.94. The van der Waals surface area contributed by atoms with Crippen LogP contribution in [-0.4, -0.2) is 30.5 Å². The summed E-state index contributed by atoms with van der Waals surface area (Å²) in [5, 5.41) is 0. The van der Waals surface area contributed by atoms with Gasteiger partial charge in [0.05, 0.1) is 17.7 Å². The number of rotatable bonds is 4. The van der Waals surface area contributed by atoms with Gasteiger partial charge in [-0.25, -0.2) is 13.8 Å². The second kappa shape index (κ2) is 6.70. The van der Waals surface area contributed by atoms with E-state index in [9.17, 15) is 18.4 Å². The minimum atomic E-state index is -1.60. The molecule has 2 amide bonds. The maximum atomic E-state index is 15.0. The van der Waals surface area contributed by atoms with Gasteiger partial charge >= 0.3 is 0 Å². The van der Waals surface area contributed by atoms with Crippen molar-refractivity contribution in [3.05, 3.63) is 58.8 Å². The number of amides is 2. The Morgan fingerprint density at radius 3 is 2.52 bits per heavy atom. The molecule has 1 aliphatic heterocycles. The number of carbonyl (C=O) groups excluding carboxylic acids is 2. The van der Waals surface area contributed by atoms with Gasteiger partial charge in [0, 0.05) is 7.11 Å². The van der Waals surface area contributed by atoms with Crippen LogP contribution in [0.25, 0.3) is 0 Å². The second-order valence-corrected chi connectivity index (χ2v) is 6.54. The predicted octanol–water partition coefficient (Wildman–Crippen LogP) is 2.03. The Hall–Kier alpha value is -2.87.